The summed E-state index contributed by atoms with van der Waals surface area (Å²) in [5.74, 6) is 0. The Kier molecular flexibility index (Phi) is 7.47. The molecule has 0 bridgehead atoms. The van der Waals surface area contributed by atoms with Gasteiger partial charge >= 0.3 is 0 Å². The highest BCUT2D eigenvalue weighted by Crippen LogP contribution is 2.45. The highest BCUT2D eigenvalue weighted by Gasteiger charge is 2.21. The minimum atomic E-state index is 0.874. The summed E-state index contributed by atoms with van der Waals surface area (Å²) in [6, 6.07) is 73.6. The normalized spacial score (nSPS) is 11.4. The van der Waals surface area contributed by atoms with Crippen LogP contribution in [0.3, 0.4) is 0 Å². The van der Waals surface area contributed by atoms with Crippen molar-refractivity contribution in [2.45, 2.75) is 0 Å². The molecule has 0 aliphatic heterocycles. The van der Waals surface area contributed by atoms with Gasteiger partial charge in [0.15, 0.2) is 0 Å². The molecule has 0 atom stereocenters. The van der Waals surface area contributed by atoms with Gasteiger partial charge in [-0.1, -0.05) is 121 Å². The second-order valence-electron chi connectivity index (χ2n) is 13.4. The number of nitrogens with zero attached hydrogens (tertiary/aromatic N) is 2. The Morgan fingerprint density at radius 3 is 1.42 bits per heavy atom. The maximum atomic E-state index is 6.27. The zero-order valence-corrected chi connectivity index (χ0v) is 28.9. The molecule has 250 valence electrons. The van der Waals surface area contributed by atoms with E-state index < -0.39 is 0 Å². The number of hydrogen-bond acceptors (Lipinski definition) is 3. The average Bonchev–Trinajstić information content (AvgIpc) is 3.60. The Morgan fingerprint density at radius 2 is 0.774 bits per heavy atom. The molecule has 0 aliphatic carbocycles. The van der Waals surface area contributed by atoms with Crippen molar-refractivity contribution in [2.24, 2.45) is 0 Å². The van der Waals surface area contributed by atoms with Crippen LogP contribution in [0.15, 0.2) is 211 Å². The van der Waals surface area contributed by atoms with Crippen LogP contribution in [0.25, 0.3) is 54.6 Å². The molecule has 10 aromatic rings. The maximum Gasteiger partial charge on any atom is 0.135 e. The molecule has 53 heavy (non-hydrogen) atoms. The molecule has 0 aliphatic rings. The van der Waals surface area contributed by atoms with Crippen molar-refractivity contribution in [3.63, 3.8) is 0 Å². The fourth-order valence-corrected chi connectivity index (χ4v) is 7.78. The van der Waals surface area contributed by atoms with E-state index in [1.807, 2.05) is 12.1 Å². The molecule has 10 rings (SSSR count). The lowest BCUT2D eigenvalue weighted by atomic mass is 9.92. The first-order valence-corrected chi connectivity index (χ1v) is 18.0. The average molecular weight is 679 g/mol. The van der Waals surface area contributed by atoms with Crippen LogP contribution < -0.4 is 9.80 Å². The minimum absolute atomic E-state index is 0.874. The summed E-state index contributed by atoms with van der Waals surface area (Å²) < 4.78 is 6.27. The van der Waals surface area contributed by atoms with Crippen LogP contribution >= 0.6 is 0 Å². The third-order valence-corrected chi connectivity index (χ3v) is 10.2. The zero-order valence-electron chi connectivity index (χ0n) is 28.9. The summed E-state index contributed by atoms with van der Waals surface area (Å²) >= 11 is 0. The van der Waals surface area contributed by atoms with Crippen molar-refractivity contribution in [1.82, 2.24) is 0 Å². The topological polar surface area (TPSA) is 19.6 Å². The Morgan fingerprint density at radius 1 is 0.283 bits per heavy atom. The molecule has 0 N–H and O–H groups in total. The Bertz CT molecular complexity index is 2860. The Balaban J connectivity index is 1.28. The van der Waals surface area contributed by atoms with Crippen molar-refractivity contribution in [1.29, 1.82) is 0 Å². The van der Waals surface area contributed by atoms with Gasteiger partial charge in [0.05, 0.1) is 0 Å². The van der Waals surface area contributed by atoms with Gasteiger partial charge in [0, 0.05) is 44.9 Å². The lowest BCUT2D eigenvalue weighted by Crippen LogP contribution is -2.13. The van der Waals surface area contributed by atoms with Gasteiger partial charge in [-0.05, 0) is 118 Å². The highest BCUT2D eigenvalue weighted by atomic mass is 16.3. The number of para-hydroxylation sites is 4. The van der Waals surface area contributed by atoms with Crippen LogP contribution in [-0.4, -0.2) is 0 Å². The van der Waals surface area contributed by atoms with E-state index in [1.165, 1.54) is 27.1 Å². The quantitative estimate of drug-likeness (QED) is 0.156. The third-order valence-electron chi connectivity index (χ3n) is 10.2. The Hall–Kier alpha value is -7.10. The maximum absolute atomic E-state index is 6.27. The predicted molar refractivity (Wildman–Crippen MR) is 224 cm³/mol. The zero-order chi connectivity index (χ0) is 35.1. The number of rotatable bonds is 7. The molecule has 0 saturated heterocycles. The molecule has 0 unspecified atom stereocenters. The fraction of sp³-hybridized carbons (Fsp3) is 0. The van der Waals surface area contributed by atoms with E-state index in [-0.39, 0.29) is 0 Å². The first kappa shape index (κ1) is 30.7. The van der Waals surface area contributed by atoms with E-state index in [4.69, 9.17) is 4.42 Å². The van der Waals surface area contributed by atoms with Crippen molar-refractivity contribution in [3.8, 4) is 11.1 Å². The van der Waals surface area contributed by atoms with Crippen LogP contribution in [-0.2, 0) is 0 Å². The number of benzene rings is 9. The lowest BCUT2D eigenvalue weighted by molar-refractivity contribution is 0.669. The number of furan rings is 1. The molecule has 0 spiro atoms. The van der Waals surface area contributed by atoms with E-state index >= 15 is 0 Å². The van der Waals surface area contributed by atoms with E-state index in [0.717, 1.165) is 61.6 Å². The van der Waals surface area contributed by atoms with Crippen LogP contribution in [0.2, 0.25) is 0 Å². The molecule has 0 amide bonds. The molecule has 0 radical (unpaired) electrons. The van der Waals surface area contributed by atoms with Crippen molar-refractivity contribution >= 4 is 77.6 Å². The molecule has 0 saturated carbocycles. The van der Waals surface area contributed by atoms with Crippen molar-refractivity contribution < 1.29 is 4.42 Å². The summed E-state index contributed by atoms with van der Waals surface area (Å²) in [6.07, 6.45) is 0. The van der Waals surface area contributed by atoms with Crippen molar-refractivity contribution in [3.05, 3.63) is 206 Å². The van der Waals surface area contributed by atoms with E-state index in [0.29, 0.717) is 0 Å². The SMILES string of the molecule is c1ccc(N(c2ccccc2)c2cc(-c3cc4ccccc4c4ccccc34)cc(N(c3ccccc3)c3ccc4oc5ccccc5c4c3)c2)cc1. The summed E-state index contributed by atoms with van der Waals surface area (Å²) in [5.41, 5.74) is 10.5. The second kappa shape index (κ2) is 12.9. The summed E-state index contributed by atoms with van der Waals surface area (Å²) in [4.78, 5) is 4.72. The van der Waals surface area contributed by atoms with Gasteiger partial charge in [-0.3, -0.25) is 0 Å². The number of anilines is 6. The van der Waals surface area contributed by atoms with Gasteiger partial charge in [0.2, 0.25) is 0 Å². The largest absolute Gasteiger partial charge is 0.456 e. The van der Waals surface area contributed by atoms with Crippen LogP contribution in [0.5, 0.6) is 0 Å². The molecule has 1 aromatic heterocycles. The van der Waals surface area contributed by atoms with Gasteiger partial charge in [0.25, 0.3) is 0 Å². The molecular weight excluding hydrogens is 645 g/mol. The molecular formula is C50H34N2O. The highest BCUT2D eigenvalue weighted by molar-refractivity contribution is 6.14. The van der Waals surface area contributed by atoms with E-state index in [1.54, 1.807) is 0 Å². The monoisotopic (exact) mass is 678 g/mol. The van der Waals surface area contributed by atoms with Gasteiger partial charge in [-0.15, -0.1) is 0 Å². The van der Waals surface area contributed by atoms with E-state index in [2.05, 4.69) is 204 Å². The molecule has 0 fully saturated rings. The Labute approximate surface area is 308 Å². The molecule has 3 nitrogen and oxygen atoms in total. The standard InChI is InChI=1S/C50H34N2O/c1-4-17-37(18-5-1)51(38-19-6-2-7-20-38)41-30-36(47-32-35-16-10-11-23-43(35)44-24-12-13-25-45(44)47)31-42(33-41)52(39-21-8-3-9-22-39)40-28-29-50-48(34-40)46-26-14-15-27-49(46)53-50/h1-34H. The molecule has 1 heterocycles. The third kappa shape index (κ3) is 5.47. The minimum Gasteiger partial charge on any atom is -0.456 e. The van der Waals surface area contributed by atoms with Crippen LogP contribution in [0, 0.1) is 0 Å². The lowest BCUT2D eigenvalue weighted by Gasteiger charge is -2.30. The van der Waals surface area contributed by atoms with Crippen LogP contribution in [0.1, 0.15) is 0 Å². The van der Waals surface area contributed by atoms with Gasteiger partial charge in [0.1, 0.15) is 11.2 Å². The smallest absolute Gasteiger partial charge is 0.135 e. The summed E-state index contributed by atoms with van der Waals surface area (Å²) in [5, 5.41) is 7.13. The summed E-state index contributed by atoms with van der Waals surface area (Å²) in [7, 11) is 0. The second-order valence-corrected chi connectivity index (χ2v) is 13.4. The first-order chi connectivity index (χ1) is 26.3. The van der Waals surface area contributed by atoms with Crippen molar-refractivity contribution in [2.75, 3.05) is 9.80 Å². The number of hydrogen-bond donors (Lipinski definition) is 0. The van der Waals surface area contributed by atoms with E-state index in [9.17, 15) is 0 Å². The summed E-state index contributed by atoms with van der Waals surface area (Å²) in [6.45, 7) is 0. The predicted octanol–water partition coefficient (Wildman–Crippen LogP) is 14.5. The molecule has 3 heteroatoms. The van der Waals surface area contributed by atoms with Crippen LogP contribution in [0.4, 0.5) is 34.1 Å². The molecule has 9 aromatic carbocycles. The van der Waals surface area contributed by atoms with Gasteiger partial charge in [-0.2, -0.15) is 0 Å². The van der Waals surface area contributed by atoms with Gasteiger partial charge < -0.3 is 14.2 Å². The first-order valence-electron chi connectivity index (χ1n) is 18.0. The van der Waals surface area contributed by atoms with Gasteiger partial charge in [-0.25, -0.2) is 0 Å². The number of fused-ring (bicyclic) bond motifs is 6. The fourth-order valence-electron chi connectivity index (χ4n) is 7.78.